The van der Waals surface area contributed by atoms with Crippen molar-refractivity contribution in [1.82, 2.24) is 5.32 Å². The Morgan fingerprint density at radius 2 is 2.05 bits per heavy atom. The van der Waals surface area contributed by atoms with Crippen molar-refractivity contribution in [3.8, 4) is 11.5 Å². The first-order valence-corrected chi connectivity index (χ1v) is 6.22. The minimum absolute atomic E-state index is 0.144. The van der Waals surface area contributed by atoms with Crippen molar-refractivity contribution in [1.29, 1.82) is 0 Å². The Morgan fingerprint density at radius 3 is 2.68 bits per heavy atom. The second kappa shape index (κ2) is 6.29. The molecule has 4 heteroatoms. The normalized spacial score (nSPS) is 12.2. The number of rotatable bonds is 6. The lowest BCUT2D eigenvalue weighted by atomic mass is 10.1. The number of nitrogens with one attached hydrogen (secondary N) is 1. The van der Waals surface area contributed by atoms with E-state index in [2.05, 4.69) is 12.2 Å². The molecular formula is C15H19NO3. The number of hydrogen-bond acceptors (Lipinski definition) is 4. The van der Waals surface area contributed by atoms with E-state index in [1.54, 1.807) is 20.5 Å². The fourth-order valence-electron chi connectivity index (χ4n) is 1.92. The van der Waals surface area contributed by atoms with Crippen molar-refractivity contribution in [2.24, 2.45) is 0 Å². The quantitative estimate of drug-likeness (QED) is 0.867. The van der Waals surface area contributed by atoms with Crippen LogP contribution in [0.2, 0.25) is 0 Å². The highest BCUT2D eigenvalue weighted by atomic mass is 16.5. The SMILES string of the molecule is COc1ccc(OC)c(CN[C@H](C)c2ccco2)c1. The molecule has 0 aliphatic rings. The first-order valence-electron chi connectivity index (χ1n) is 6.22. The van der Waals surface area contributed by atoms with Crippen molar-refractivity contribution in [2.45, 2.75) is 19.5 Å². The van der Waals surface area contributed by atoms with E-state index in [-0.39, 0.29) is 6.04 Å². The predicted molar refractivity (Wildman–Crippen MR) is 73.5 cm³/mol. The van der Waals surface area contributed by atoms with Gasteiger partial charge in [0.2, 0.25) is 0 Å². The van der Waals surface area contributed by atoms with Crippen LogP contribution in [0.15, 0.2) is 41.0 Å². The molecule has 1 heterocycles. The summed E-state index contributed by atoms with van der Waals surface area (Å²) in [7, 11) is 3.33. The molecule has 19 heavy (non-hydrogen) atoms. The molecule has 2 rings (SSSR count). The highest BCUT2D eigenvalue weighted by molar-refractivity contribution is 5.40. The van der Waals surface area contributed by atoms with Gasteiger partial charge in [0, 0.05) is 12.1 Å². The fraction of sp³-hybridized carbons (Fsp3) is 0.333. The number of furan rings is 1. The Balaban J connectivity index is 2.05. The molecule has 0 amide bonds. The van der Waals surface area contributed by atoms with Gasteiger partial charge in [-0.3, -0.25) is 0 Å². The van der Waals surface area contributed by atoms with Crippen LogP contribution >= 0.6 is 0 Å². The number of hydrogen-bond donors (Lipinski definition) is 1. The van der Waals surface area contributed by atoms with Gasteiger partial charge in [-0.1, -0.05) is 0 Å². The summed E-state index contributed by atoms with van der Waals surface area (Å²) in [6.07, 6.45) is 1.68. The third-order valence-electron chi connectivity index (χ3n) is 3.06. The molecule has 4 nitrogen and oxygen atoms in total. The largest absolute Gasteiger partial charge is 0.497 e. The average molecular weight is 261 g/mol. The van der Waals surface area contributed by atoms with E-state index in [4.69, 9.17) is 13.9 Å². The van der Waals surface area contributed by atoms with Gasteiger partial charge in [-0.2, -0.15) is 0 Å². The van der Waals surface area contributed by atoms with Gasteiger partial charge in [0.1, 0.15) is 17.3 Å². The third-order valence-corrected chi connectivity index (χ3v) is 3.06. The summed E-state index contributed by atoms with van der Waals surface area (Å²) in [5, 5.41) is 3.40. The van der Waals surface area contributed by atoms with Gasteiger partial charge >= 0.3 is 0 Å². The molecule has 0 aliphatic carbocycles. The van der Waals surface area contributed by atoms with E-state index in [0.717, 1.165) is 22.8 Å². The zero-order valence-corrected chi connectivity index (χ0v) is 11.5. The minimum Gasteiger partial charge on any atom is -0.497 e. The molecule has 0 saturated carbocycles. The zero-order valence-electron chi connectivity index (χ0n) is 11.5. The molecule has 0 fully saturated rings. The first kappa shape index (κ1) is 13.5. The molecule has 0 saturated heterocycles. The van der Waals surface area contributed by atoms with Gasteiger partial charge in [0.15, 0.2) is 0 Å². The first-order chi connectivity index (χ1) is 9.24. The maximum absolute atomic E-state index is 5.37. The summed E-state index contributed by atoms with van der Waals surface area (Å²) in [6.45, 7) is 2.74. The van der Waals surface area contributed by atoms with Gasteiger partial charge in [-0.05, 0) is 37.3 Å². The summed E-state index contributed by atoms with van der Waals surface area (Å²) in [6, 6.07) is 9.76. The maximum Gasteiger partial charge on any atom is 0.123 e. The lowest BCUT2D eigenvalue weighted by Gasteiger charge is -2.14. The Hall–Kier alpha value is -1.94. The Bertz CT molecular complexity index is 508. The summed E-state index contributed by atoms with van der Waals surface area (Å²) < 4.78 is 15.9. The molecule has 0 aliphatic heterocycles. The number of benzene rings is 1. The molecule has 1 atom stereocenters. The summed E-state index contributed by atoms with van der Waals surface area (Å²) in [4.78, 5) is 0. The second-order valence-electron chi connectivity index (χ2n) is 4.30. The van der Waals surface area contributed by atoms with Crippen LogP contribution in [-0.2, 0) is 6.54 Å². The Labute approximate surface area is 113 Å². The van der Waals surface area contributed by atoms with Crippen molar-refractivity contribution in [3.05, 3.63) is 47.9 Å². The molecular weight excluding hydrogens is 242 g/mol. The van der Waals surface area contributed by atoms with Crippen LogP contribution in [0.1, 0.15) is 24.3 Å². The van der Waals surface area contributed by atoms with Crippen LogP contribution in [0.25, 0.3) is 0 Å². The van der Waals surface area contributed by atoms with Crippen LogP contribution < -0.4 is 14.8 Å². The van der Waals surface area contributed by atoms with E-state index in [9.17, 15) is 0 Å². The number of ether oxygens (including phenoxy) is 2. The van der Waals surface area contributed by atoms with Crippen LogP contribution in [0.4, 0.5) is 0 Å². The summed E-state index contributed by atoms with van der Waals surface area (Å²) in [5.41, 5.74) is 1.06. The second-order valence-corrected chi connectivity index (χ2v) is 4.30. The van der Waals surface area contributed by atoms with Crippen molar-refractivity contribution < 1.29 is 13.9 Å². The Morgan fingerprint density at radius 1 is 1.21 bits per heavy atom. The van der Waals surface area contributed by atoms with E-state index in [1.165, 1.54) is 0 Å². The highest BCUT2D eigenvalue weighted by Crippen LogP contribution is 2.24. The van der Waals surface area contributed by atoms with E-state index < -0.39 is 0 Å². The average Bonchev–Trinajstić information content (AvgIpc) is 2.98. The highest BCUT2D eigenvalue weighted by Gasteiger charge is 2.10. The van der Waals surface area contributed by atoms with Gasteiger partial charge < -0.3 is 19.2 Å². The van der Waals surface area contributed by atoms with E-state index in [1.807, 2.05) is 30.3 Å². The van der Waals surface area contributed by atoms with Crippen LogP contribution in [0.5, 0.6) is 11.5 Å². The van der Waals surface area contributed by atoms with Crippen LogP contribution in [-0.4, -0.2) is 14.2 Å². The van der Waals surface area contributed by atoms with Gasteiger partial charge in [0.25, 0.3) is 0 Å². The fourth-order valence-corrected chi connectivity index (χ4v) is 1.92. The van der Waals surface area contributed by atoms with E-state index >= 15 is 0 Å². The predicted octanol–water partition coefficient (Wildman–Crippen LogP) is 3.15. The molecule has 0 unspecified atom stereocenters. The van der Waals surface area contributed by atoms with Crippen LogP contribution in [0.3, 0.4) is 0 Å². The Kier molecular flexibility index (Phi) is 4.47. The maximum atomic E-state index is 5.37. The molecule has 102 valence electrons. The lowest BCUT2D eigenvalue weighted by Crippen LogP contribution is -2.18. The third kappa shape index (κ3) is 3.29. The van der Waals surface area contributed by atoms with Crippen LogP contribution in [0, 0.1) is 0 Å². The minimum atomic E-state index is 0.144. The molecule has 1 N–H and O–H groups in total. The molecule has 1 aromatic carbocycles. The van der Waals surface area contributed by atoms with Gasteiger partial charge in [-0.25, -0.2) is 0 Å². The lowest BCUT2D eigenvalue weighted by molar-refractivity contribution is 0.391. The van der Waals surface area contributed by atoms with Gasteiger partial charge in [0.05, 0.1) is 26.5 Å². The molecule has 1 aromatic heterocycles. The standard InChI is InChI=1S/C15H19NO3/c1-11(14-5-4-8-19-14)16-10-12-9-13(17-2)6-7-15(12)18-3/h4-9,11,16H,10H2,1-3H3/t11-/m1/s1. The summed E-state index contributed by atoms with van der Waals surface area (Å²) in [5.74, 6) is 2.59. The molecule has 2 aromatic rings. The molecule has 0 bridgehead atoms. The van der Waals surface area contributed by atoms with Crippen molar-refractivity contribution in [2.75, 3.05) is 14.2 Å². The summed E-state index contributed by atoms with van der Waals surface area (Å²) >= 11 is 0. The van der Waals surface area contributed by atoms with Crippen molar-refractivity contribution in [3.63, 3.8) is 0 Å². The molecule has 0 radical (unpaired) electrons. The van der Waals surface area contributed by atoms with E-state index in [0.29, 0.717) is 6.54 Å². The zero-order chi connectivity index (χ0) is 13.7. The monoisotopic (exact) mass is 261 g/mol. The van der Waals surface area contributed by atoms with Gasteiger partial charge in [-0.15, -0.1) is 0 Å². The molecule has 0 spiro atoms. The smallest absolute Gasteiger partial charge is 0.123 e. The topological polar surface area (TPSA) is 43.6 Å². The van der Waals surface area contributed by atoms with Crippen molar-refractivity contribution >= 4 is 0 Å². The number of methoxy groups -OCH3 is 2.